The van der Waals surface area contributed by atoms with Crippen molar-refractivity contribution in [1.29, 1.82) is 0 Å². The van der Waals surface area contributed by atoms with Crippen molar-refractivity contribution < 1.29 is 31.1 Å². The third-order valence-corrected chi connectivity index (χ3v) is 7.90. The van der Waals surface area contributed by atoms with Gasteiger partial charge in [-0.25, -0.2) is 21.6 Å². The van der Waals surface area contributed by atoms with Crippen LogP contribution in [0.25, 0.3) is 0 Å². The second-order valence-corrected chi connectivity index (χ2v) is 10.2. The molecule has 3 rings (SSSR count). The molecule has 0 spiro atoms. The van der Waals surface area contributed by atoms with Gasteiger partial charge in [0.15, 0.2) is 17.5 Å². The fourth-order valence-corrected chi connectivity index (χ4v) is 5.59. The van der Waals surface area contributed by atoms with Crippen LogP contribution in [0.2, 0.25) is 0 Å². The number of hydrogen-bond acceptors (Lipinski definition) is 5. The Bertz CT molecular complexity index is 1060. The number of ether oxygens (including phenoxy) is 1. The number of benzene rings is 2. The van der Waals surface area contributed by atoms with E-state index in [1.54, 1.807) is 26.2 Å². The van der Waals surface area contributed by atoms with Crippen LogP contribution in [-0.4, -0.2) is 62.1 Å². The zero-order valence-corrected chi connectivity index (χ0v) is 18.5. The fraction of sp³-hybridized carbons (Fsp3) is 0.350. The van der Waals surface area contributed by atoms with E-state index < -0.39 is 37.6 Å². The van der Waals surface area contributed by atoms with E-state index in [0.717, 1.165) is 9.20 Å². The number of methoxy groups -OCH3 is 1. The number of amides is 1. The average molecular weight is 475 g/mol. The molecule has 6 nitrogen and oxygen atoms in total. The van der Waals surface area contributed by atoms with Crippen molar-refractivity contribution in [2.24, 2.45) is 0 Å². The molecule has 1 fully saturated rings. The van der Waals surface area contributed by atoms with E-state index >= 15 is 0 Å². The van der Waals surface area contributed by atoms with Gasteiger partial charge < -0.3 is 9.64 Å². The number of thioether (sulfide) groups is 1. The lowest BCUT2D eigenvalue weighted by Crippen LogP contribution is -2.52. The second-order valence-electron chi connectivity index (χ2n) is 6.84. The largest absolute Gasteiger partial charge is 0.497 e. The van der Waals surface area contributed by atoms with Gasteiger partial charge in [-0.1, -0.05) is 0 Å². The Morgan fingerprint density at radius 3 is 2.19 bits per heavy atom. The first-order valence-electron chi connectivity index (χ1n) is 9.38. The summed E-state index contributed by atoms with van der Waals surface area (Å²) in [7, 11) is -2.80. The molecular weight excluding hydrogens is 453 g/mol. The molecule has 0 radical (unpaired) electrons. The topological polar surface area (TPSA) is 66.9 Å². The highest BCUT2D eigenvalue weighted by Crippen LogP contribution is 2.28. The smallest absolute Gasteiger partial charge is 0.246 e. The molecular formula is C20H21F3N2O4S2. The van der Waals surface area contributed by atoms with E-state index in [1.165, 1.54) is 16.7 Å². The standard InChI is InChI=1S/C20H21F3N2O4S2/c1-13(30-15-5-3-14(29-2)4-6-15)20(26)24-9-11-25(12-10-24)31(27,28)17-8-7-16(21)18(22)19(17)23/h3-8,13H,9-12H2,1-2H3. The van der Waals surface area contributed by atoms with E-state index in [1.807, 2.05) is 12.1 Å². The highest BCUT2D eigenvalue weighted by molar-refractivity contribution is 8.00. The lowest BCUT2D eigenvalue weighted by Gasteiger charge is -2.35. The van der Waals surface area contributed by atoms with Gasteiger partial charge in [-0.3, -0.25) is 4.79 Å². The molecule has 0 aromatic heterocycles. The summed E-state index contributed by atoms with van der Waals surface area (Å²) in [5.74, 6) is -4.49. The third kappa shape index (κ3) is 4.99. The number of carbonyl (C=O) groups is 1. The maximum atomic E-state index is 14.0. The SMILES string of the molecule is COc1ccc(SC(C)C(=O)N2CCN(S(=O)(=O)c3ccc(F)c(F)c3F)CC2)cc1. The van der Waals surface area contributed by atoms with Gasteiger partial charge in [-0.2, -0.15) is 4.31 Å². The number of carbonyl (C=O) groups excluding carboxylic acids is 1. The average Bonchev–Trinajstić information content (AvgIpc) is 2.77. The zero-order valence-electron chi connectivity index (χ0n) is 16.8. The van der Waals surface area contributed by atoms with E-state index in [9.17, 15) is 26.4 Å². The van der Waals surface area contributed by atoms with Crippen LogP contribution in [-0.2, 0) is 14.8 Å². The Morgan fingerprint density at radius 2 is 1.61 bits per heavy atom. The molecule has 11 heteroatoms. The van der Waals surface area contributed by atoms with Crippen LogP contribution < -0.4 is 4.74 Å². The Kier molecular flexibility index (Phi) is 7.17. The second kappa shape index (κ2) is 9.49. The molecule has 1 amide bonds. The van der Waals surface area contributed by atoms with Crippen molar-refractivity contribution in [3.8, 4) is 5.75 Å². The number of hydrogen-bond donors (Lipinski definition) is 0. The zero-order chi connectivity index (χ0) is 22.8. The van der Waals surface area contributed by atoms with Crippen molar-refractivity contribution in [3.05, 3.63) is 53.8 Å². The third-order valence-electron chi connectivity index (χ3n) is 4.89. The normalized spacial score (nSPS) is 16.2. The predicted molar refractivity (Wildman–Crippen MR) is 110 cm³/mol. The first-order chi connectivity index (χ1) is 14.6. The van der Waals surface area contributed by atoms with Gasteiger partial charge >= 0.3 is 0 Å². The van der Waals surface area contributed by atoms with Crippen LogP contribution in [0.15, 0.2) is 46.2 Å². The van der Waals surface area contributed by atoms with Crippen LogP contribution in [0.5, 0.6) is 5.75 Å². The molecule has 1 aliphatic heterocycles. The van der Waals surface area contributed by atoms with Crippen molar-refractivity contribution in [2.75, 3.05) is 33.3 Å². The van der Waals surface area contributed by atoms with Crippen molar-refractivity contribution in [2.45, 2.75) is 22.0 Å². The number of halogens is 3. The van der Waals surface area contributed by atoms with Crippen LogP contribution >= 0.6 is 11.8 Å². The minimum Gasteiger partial charge on any atom is -0.497 e. The summed E-state index contributed by atoms with van der Waals surface area (Å²) in [4.78, 5) is 14.2. The van der Waals surface area contributed by atoms with Crippen molar-refractivity contribution >= 4 is 27.7 Å². The van der Waals surface area contributed by atoms with Crippen LogP contribution in [0.3, 0.4) is 0 Å². The molecule has 31 heavy (non-hydrogen) atoms. The number of sulfonamides is 1. The summed E-state index contributed by atoms with van der Waals surface area (Å²) in [6, 6.07) is 8.54. The number of piperazine rings is 1. The lowest BCUT2D eigenvalue weighted by atomic mass is 10.3. The lowest BCUT2D eigenvalue weighted by molar-refractivity contribution is -0.131. The maximum Gasteiger partial charge on any atom is 0.246 e. The summed E-state index contributed by atoms with van der Waals surface area (Å²) in [6.45, 7) is 1.82. The Morgan fingerprint density at radius 1 is 1.00 bits per heavy atom. The van der Waals surface area contributed by atoms with Crippen molar-refractivity contribution in [3.63, 3.8) is 0 Å². The molecule has 168 valence electrons. The summed E-state index contributed by atoms with van der Waals surface area (Å²) >= 11 is 1.37. The van der Waals surface area contributed by atoms with E-state index in [-0.39, 0.29) is 32.1 Å². The van der Waals surface area contributed by atoms with Gasteiger partial charge in [-0.05, 0) is 43.3 Å². The molecule has 0 saturated carbocycles. The molecule has 1 saturated heterocycles. The Balaban J connectivity index is 1.63. The molecule has 1 atom stereocenters. The van der Waals surface area contributed by atoms with Gasteiger partial charge in [0.2, 0.25) is 15.9 Å². The quantitative estimate of drug-likeness (QED) is 0.476. The highest BCUT2D eigenvalue weighted by Gasteiger charge is 2.34. The van der Waals surface area contributed by atoms with E-state index in [0.29, 0.717) is 17.9 Å². The van der Waals surface area contributed by atoms with Crippen LogP contribution in [0, 0.1) is 17.5 Å². The summed E-state index contributed by atoms with van der Waals surface area (Å²) in [6.07, 6.45) is 0. The number of rotatable bonds is 6. The first-order valence-corrected chi connectivity index (χ1v) is 11.7. The molecule has 1 unspecified atom stereocenters. The Labute approximate surface area is 183 Å². The predicted octanol–water partition coefficient (Wildman–Crippen LogP) is 3.13. The molecule has 0 bridgehead atoms. The van der Waals surface area contributed by atoms with Crippen LogP contribution in [0.1, 0.15) is 6.92 Å². The number of nitrogens with zero attached hydrogens (tertiary/aromatic N) is 2. The molecule has 2 aromatic rings. The summed E-state index contributed by atoms with van der Waals surface area (Å²) < 4.78 is 72.0. The monoisotopic (exact) mass is 474 g/mol. The minimum atomic E-state index is -4.36. The first kappa shape index (κ1) is 23.4. The fourth-order valence-electron chi connectivity index (χ4n) is 3.16. The van der Waals surface area contributed by atoms with Gasteiger partial charge in [0.25, 0.3) is 0 Å². The molecule has 0 N–H and O–H groups in total. The molecule has 1 aliphatic rings. The highest BCUT2D eigenvalue weighted by atomic mass is 32.2. The summed E-state index contributed by atoms with van der Waals surface area (Å²) in [5, 5.41) is -0.403. The Hall–Kier alpha value is -2.24. The van der Waals surface area contributed by atoms with Gasteiger partial charge in [0.1, 0.15) is 10.6 Å². The van der Waals surface area contributed by atoms with Crippen LogP contribution in [0.4, 0.5) is 13.2 Å². The molecule has 1 heterocycles. The molecule has 2 aromatic carbocycles. The van der Waals surface area contributed by atoms with Crippen molar-refractivity contribution in [1.82, 2.24) is 9.21 Å². The minimum absolute atomic E-state index is 0.0770. The maximum absolute atomic E-state index is 14.0. The van der Waals surface area contributed by atoms with Gasteiger partial charge in [0.05, 0.1) is 12.4 Å². The van der Waals surface area contributed by atoms with Gasteiger partial charge in [0, 0.05) is 31.1 Å². The molecule has 0 aliphatic carbocycles. The summed E-state index contributed by atoms with van der Waals surface area (Å²) in [5.41, 5.74) is 0. The van der Waals surface area contributed by atoms with E-state index in [2.05, 4.69) is 0 Å². The van der Waals surface area contributed by atoms with Gasteiger partial charge in [-0.15, -0.1) is 11.8 Å². The van der Waals surface area contributed by atoms with E-state index in [4.69, 9.17) is 4.74 Å².